The van der Waals surface area contributed by atoms with E-state index in [1.54, 1.807) is 18.2 Å². The van der Waals surface area contributed by atoms with Crippen molar-refractivity contribution < 1.29 is 29.2 Å². The van der Waals surface area contributed by atoms with Crippen molar-refractivity contribution in [1.82, 2.24) is 0 Å². The van der Waals surface area contributed by atoms with Crippen LogP contribution in [0.2, 0.25) is 0 Å². The van der Waals surface area contributed by atoms with E-state index in [2.05, 4.69) is 13.8 Å². The van der Waals surface area contributed by atoms with E-state index in [9.17, 15) is 10.2 Å². The highest BCUT2D eigenvalue weighted by molar-refractivity contribution is 5.53. The number of methoxy groups -OCH3 is 3. The Hall–Kier alpha value is -2.60. The van der Waals surface area contributed by atoms with Gasteiger partial charge in [0.15, 0.2) is 23.0 Å². The molecule has 146 valence electrons. The molecule has 4 atom stereocenters. The number of aromatic hydroxyl groups is 2. The van der Waals surface area contributed by atoms with Crippen molar-refractivity contribution in [2.45, 2.75) is 26.1 Å². The number of phenolic OH excluding ortho intramolecular Hbond substituents is 2. The van der Waals surface area contributed by atoms with E-state index >= 15 is 0 Å². The molecule has 27 heavy (non-hydrogen) atoms. The molecule has 0 amide bonds. The van der Waals surface area contributed by atoms with Gasteiger partial charge in [0, 0.05) is 0 Å². The maximum atomic E-state index is 10.2. The van der Waals surface area contributed by atoms with Gasteiger partial charge in [0.2, 0.25) is 5.75 Å². The number of hydrogen-bond donors (Lipinski definition) is 2. The fourth-order valence-electron chi connectivity index (χ4n) is 3.67. The SMILES string of the molecule is COc1cc([C@@H]2O[C@H](c3cc(OC)c(O)c(OC)c3)[C@@H](C)[C@H]2C)ccc1O. The summed E-state index contributed by atoms with van der Waals surface area (Å²) in [6.07, 6.45) is -0.335. The van der Waals surface area contributed by atoms with E-state index in [4.69, 9.17) is 18.9 Å². The van der Waals surface area contributed by atoms with Gasteiger partial charge in [-0.2, -0.15) is 0 Å². The highest BCUT2D eigenvalue weighted by atomic mass is 16.5. The van der Waals surface area contributed by atoms with Gasteiger partial charge in [-0.15, -0.1) is 0 Å². The molecule has 0 radical (unpaired) electrons. The molecule has 0 spiro atoms. The first kappa shape index (κ1) is 19.2. The Bertz CT molecular complexity index is 793. The molecule has 2 N–H and O–H groups in total. The first-order valence-corrected chi connectivity index (χ1v) is 8.88. The third-order valence-corrected chi connectivity index (χ3v) is 5.44. The van der Waals surface area contributed by atoms with E-state index in [0.29, 0.717) is 17.2 Å². The fraction of sp³-hybridized carbons (Fsp3) is 0.429. The van der Waals surface area contributed by atoms with Crippen LogP contribution in [-0.4, -0.2) is 31.5 Å². The molecule has 0 bridgehead atoms. The number of phenols is 2. The minimum atomic E-state index is -0.187. The lowest BCUT2D eigenvalue weighted by molar-refractivity contribution is 0.0286. The van der Waals surface area contributed by atoms with E-state index in [0.717, 1.165) is 11.1 Å². The third-order valence-electron chi connectivity index (χ3n) is 5.44. The van der Waals surface area contributed by atoms with E-state index < -0.39 is 0 Å². The van der Waals surface area contributed by atoms with Crippen LogP contribution in [0.4, 0.5) is 0 Å². The lowest BCUT2D eigenvalue weighted by atomic mass is 9.85. The molecular formula is C21H26O6. The molecule has 2 aromatic rings. The van der Waals surface area contributed by atoms with Crippen LogP contribution in [0.25, 0.3) is 0 Å². The summed E-state index contributed by atoms with van der Waals surface area (Å²) >= 11 is 0. The topological polar surface area (TPSA) is 77.4 Å². The maximum Gasteiger partial charge on any atom is 0.200 e. The van der Waals surface area contributed by atoms with Crippen LogP contribution in [0.15, 0.2) is 30.3 Å². The van der Waals surface area contributed by atoms with Gasteiger partial charge in [-0.1, -0.05) is 19.9 Å². The third kappa shape index (κ3) is 3.37. The summed E-state index contributed by atoms with van der Waals surface area (Å²) in [5.74, 6) is 1.65. The van der Waals surface area contributed by atoms with Crippen molar-refractivity contribution in [2.75, 3.05) is 21.3 Å². The van der Waals surface area contributed by atoms with Gasteiger partial charge < -0.3 is 29.2 Å². The van der Waals surface area contributed by atoms with Crippen LogP contribution in [0.1, 0.15) is 37.2 Å². The normalized spacial score (nSPS) is 24.6. The van der Waals surface area contributed by atoms with Gasteiger partial charge in [-0.05, 0) is 47.2 Å². The summed E-state index contributed by atoms with van der Waals surface area (Å²) in [6, 6.07) is 8.85. The molecule has 0 saturated carbocycles. The molecule has 6 nitrogen and oxygen atoms in total. The van der Waals surface area contributed by atoms with Crippen molar-refractivity contribution in [3.63, 3.8) is 0 Å². The molecule has 0 aliphatic carbocycles. The van der Waals surface area contributed by atoms with E-state index in [1.807, 2.05) is 12.1 Å². The average molecular weight is 374 g/mol. The smallest absolute Gasteiger partial charge is 0.200 e. The van der Waals surface area contributed by atoms with Crippen molar-refractivity contribution >= 4 is 0 Å². The number of rotatable bonds is 5. The Kier molecular flexibility index (Phi) is 5.37. The molecule has 3 rings (SSSR count). The second-order valence-electron chi connectivity index (χ2n) is 6.90. The van der Waals surface area contributed by atoms with Crippen molar-refractivity contribution in [2.24, 2.45) is 11.8 Å². The molecule has 0 unspecified atom stereocenters. The molecular weight excluding hydrogens is 348 g/mol. The average Bonchev–Trinajstić information content (AvgIpc) is 2.97. The number of benzene rings is 2. The minimum absolute atomic E-state index is 0.0257. The first-order chi connectivity index (χ1) is 12.9. The predicted molar refractivity (Wildman–Crippen MR) is 101 cm³/mol. The lowest BCUT2D eigenvalue weighted by Crippen LogP contribution is -2.10. The molecule has 6 heteroatoms. The number of ether oxygens (including phenoxy) is 4. The molecule has 2 aromatic carbocycles. The molecule has 1 heterocycles. The zero-order chi connectivity index (χ0) is 19.7. The van der Waals surface area contributed by atoms with Gasteiger partial charge >= 0.3 is 0 Å². The van der Waals surface area contributed by atoms with E-state index in [1.165, 1.54) is 21.3 Å². The molecule has 0 aromatic heterocycles. The minimum Gasteiger partial charge on any atom is -0.504 e. The Morgan fingerprint density at radius 1 is 0.741 bits per heavy atom. The van der Waals surface area contributed by atoms with Crippen LogP contribution in [0, 0.1) is 11.8 Å². The van der Waals surface area contributed by atoms with Gasteiger partial charge in [-0.25, -0.2) is 0 Å². The van der Waals surface area contributed by atoms with Crippen LogP contribution in [-0.2, 0) is 4.74 Å². The van der Waals surface area contributed by atoms with Crippen LogP contribution < -0.4 is 14.2 Å². The van der Waals surface area contributed by atoms with Gasteiger partial charge in [0.1, 0.15) is 0 Å². The molecule has 1 aliphatic rings. The number of hydrogen-bond acceptors (Lipinski definition) is 6. The molecule has 1 aliphatic heterocycles. The van der Waals surface area contributed by atoms with Crippen LogP contribution in [0.3, 0.4) is 0 Å². The highest BCUT2D eigenvalue weighted by Crippen LogP contribution is 2.51. The molecule has 1 fully saturated rings. The summed E-state index contributed by atoms with van der Waals surface area (Å²) in [5, 5.41) is 20.0. The zero-order valence-corrected chi connectivity index (χ0v) is 16.2. The van der Waals surface area contributed by atoms with Crippen molar-refractivity contribution in [3.05, 3.63) is 41.5 Å². The fourth-order valence-corrected chi connectivity index (χ4v) is 3.67. The van der Waals surface area contributed by atoms with Gasteiger partial charge in [-0.3, -0.25) is 0 Å². The van der Waals surface area contributed by atoms with Crippen molar-refractivity contribution in [3.8, 4) is 28.7 Å². The van der Waals surface area contributed by atoms with Crippen LogP contribution >= 0.6 is 0 Å². The van der Waals surface area contributed by atoms with Crippen LogP contribution in [0.5, 0.6) is 28.7 Å². The predicted octanol–water partition coefficient (Wildman–Crippen LogP) is 4.21. The second kappa shape index (κ2) is 7.56. The summed E-state index contributed by atoms with van der Waals surface area (Å²) in [4.78, 5) is 0. The zero-order valence-electron chi connectivity index (χ0n) is 16.2. The largest absolute Gasteiger partial charge is 0.504 e. The van der Waals surface area contributed by atoms with Gasteiger partial charge in [0.25, 0.3) is 0 Å². The Balaban J connectivity index is 1.96. The monoisotopic (exact) mass is 374 g/mol. The summed E-state index contributed by atoms with van der Waals surface area (Å²) in [5.41, 5.74) is 1.83. The molecule has 1 saturated heterocycles. The van der Waals surface area contributed by atoms with E-state index in [-0.39, 0.29) is 35.5 Å². The quantitative estimate of drug-likeness (QED) is 0.816. The summed E-state index contributed by atoms with van der Waals surface area (Å²) < 4.78 is 22.2. The second-order valence-corrected chi connectivity index (χ2v) is 6.90. The van der Waals surface area contributed by atoms with Gasteiger partial charge in [0.05, 0.1) is 33.5 Å². The Morgan fingerprint density at radius 2 is 1.22 bits per heavy atom. The summed E-state index contributed by atoms with van der Waals surface area (Å²) in [7, 11) is 4.54. The Labute approximate surface area is 159 Å². The standard InChI is InChI=1S/C21H26O6/c1-11-12(2)21(14-9-17(25-4)19(23)18(10-14)26-5)27-20(11)13-6-7-15(22)16(8-13)24-3/h6-12,20-23H,1-5H3/t11-,12+,20-,21+/m1/s1. The van der Waals surface area contributed by atoms with Crippen molar-refractivity contribution in [1.29, 1.82) is 0 Å². The lowest BCUT2D eigenvalue weighted by Gasteiger charge is -2.19. The maximum absolute atomic E-state index is 10.2. The highest BCUT2D eigenvalue weighted by Gasteiger charge is 2.41. The Morgan fingerprint density at radius 3 is 1.74 bits per heavy atom. The summed E-state index contributed by atoms with van der Waals surface area (Å²) in [6.45, 7) is 4.28. The first-order valence-electron chi connectivity index (χ1n) is 8.88.